The first kappa shape index (κ1) is 14.1. The number of rotatable bonds is 0. The van der Waals surface area contributed by atoms with Crippen LogP contribution >= 0.6 is 0 Å². The van der Waals surface area contributed by atoms with E-state index >= 15 is 0 Å². The van der Waals surface area contributed by atoms with Crippen molar-refractivity contribution >= 4 is 11.9 Å². The van der Waals surface area contributed by atoms with Crippen molar-refractivity contribution in [1.29, 1.82) is 0 Å². The monoisotopic (exact) mass is 272 g/mol. The van der Waals surface area contributed by atoms with E-state index in [2.05, 4.69) is 4.74 Å². The van der Waals surface area contributed by atoms with Crippen molar-refractivity contribution in [3.05, 3.63) is 12.2 Å². The quantitative estimate of drug-likeness (QED) is 0.332. The Bertz CT molecular complexity index is 320. The summed E-state index contributed by atoms with van der Waals surface area (Å²) in [7, 11) is 0. The largest absolute Gasteiger partial charge is 0.389 e. The molecule has 106 valence electrons. The van der Waals surface area contributed by atoms with Gasteiger partial charge in [-0.2, -0.15) is 0 Å². The van der Waals surface area contributed by atoms with Crippen LogP contribution in [0.2, 0.25) is 0 Å². The van der Waals surface area contributed by atoms with Crippen LogP contribution < -0.4 is 0 Å². The highest BCUT2D eigenvalue weighted by Crippen LogP contribution is 2.16. The minimum atomic E-state index is -1.02. The summed E-state index contributed by atoms with van der Waals surface area (Å²) in [4.78, 5) is 22.9. The predicted octanol–water partition coefficient (Wildman–Crippen LogP) is -0.557. The van der Waals surface area contributed by atoms with E-state index in [9.17, 15) is 9.59 Å². The molecule has 7 nitrogen and oxygen atoms in total. The van der Waals surface area contributed by atoms with Gasteiger partial charge in [0.15, 0.2) is 12.2 Å². The first-order valence-electron chi connectivity index (χ1n) is 6.08. The Morgan fingerprint density at radius 1 is 0.789 bits per heavy atom. The second-order valence-corrected chi connectivity index (χ2v) is 3.94. The van der Waals surface area contributed by atoms with Crippen molar-refractivity contribution in [1.82, 2.24) is 0 Å². The van der Waals surface area contributed by atoms with Gasteiger partial charge in [0.25, 0.3) is 0 Å². The number of fused-ring (bicyclic) bond motifs is 1. The number of carbonyl (C=O) groups is 2. The lowest BCUT2D eigenvalue weighted by molar-refractivity contribution is -0.156. The number of ether oxygens (including phenoxy) is 5. The van der Waals surface area contributed by atoms with Gasteiger partial charge in [-0.3, -0.25) is 0 Å². The molecule has 1 fully saturated rings. The molecule has 0 aromatic heterocycles. The molecule has 2 aliphatic heterocycles. The Labute approximate surface area is 110 Å². The molecule has 0 aromatic rings. The molecule has 2 atom stereocenters. The Morgan fingerprint density at radius 2 is 1.26 bits per heavy atom. The van der Waals surface area contributed by atoms with E-state index in [-0.39, 0.29) is 13.2 Å². The third-order valence-corrected chi connectivity index (χ3v) is 2.59. The fourth-order valence-electron chi connectivity index (χ4n) is 1.68. The van der Waals surface area contributed by atoms with Crippen LogP contribution in [0.3, 0.4) is 0 Å². The normalized spacial score (nSPS) is 32.2. The summed E-state index contributed by atoms with van der Waals surface area (Å²) in [5.74, 6) is -1.44. The van der Waals surface area contributed by atoms with E-state index < -0.39 is 24.1 Å². The van der Waals surface area contributed by atoms with E-state index in [1.54, 1.807) is 0 Å². The molecule has 0 aromatic carbocycles. The number of hydrogen-bond acceptors (Lipinski definition) is 7. The predicted molar refractivity (Wildman–Crippen MR) is 61.4 cm³/mol. The minimum absolute atomic E-state index is 0.192. The SMILES string of the molecule is O=C1OC(=O)C2OCCOC/C=C\COCCOC12. The number of carbonyl (C=O) groups excluding carboxylic acids is 2. The van der Waals surface area contributed by atoms with Crippen LogP contribution in [0.5, 0.6) is 0 Å². The van der Waals surface area contributed by atoms with Gasteiger partial charge in [0.1, 0.15) is 0 Å². The zero-order valence-corrected chi connectivity index (χ0v) is 10.4. The lowest BCUT2D eigenvalue weighted by Gasteiger charge is -2.15. The van der Waals surface area contributed by atoms with Crippen molar-refractivity contribution in [3.63, 3.8) is 0 Å². The molecular formula is C12H16O7. The molecule has 19 heavy (non-hydrogen) atoms. The first-order chi connectivity index (χ1) is 9.29. The van der Waals surface area contributed by atoms with Crippen molar-refractivity contribution < 1.29 is 33.3 Å². The summed E-state index contributed by atoms with van der Waals surface area (Å²) >= 11 is 0. The summed E-state index contributed by atoms with van der Waals surface area (Å²) < 4.78 is 25.5. The zero-order chi connectivity index (χ0) is 13.5. The van der Waals surface area contributed by atoms with Gasteiger partial charge in [0, 0.05) is 0 Å². The summed E-state index contributed by atoms with van der Waals surface area (Å²) in [5.41, 5.74) is 0. The van der Waals surface area contributed by atoms with Gasteiger partial charge in [0.2, 0.25) is 0 Å². The third kappa shape index (κ3) is 4.10. The van der Waals surface area contributed by atoms with Gasteiger partial charge in [0.05, 0.1) is 39.6 Å². The highest BCUT2D eigenvalue weighted by molar-refractivity contribution is 5.99. The summed E-state index contributed by atoms with van der Waals surface area (Å²) in [5, 5.41) is 0. The van der Waals surface area contributed by atoms with E-state index in [1.807, 2.05) is 12.2 Å². The highest BCUT2D eigenvalue weighted by Gasteiger charge is 2.46. The van der Waals surface area contributed by atoms with E-state index in [0.29, 0.717) is 26.4 Å². The lowest BCUT2D eigenvalue weighted by atomic mass is 10.2. The second-order valence-electron chi connectivity index (χ2n) is 3.94. The number of hydrogen-bond donors (Lipinski definition) is 0. The highest BCUT2D eigenvalue weighted by atomic mass is 16.7. The third-order valence-electron chi connectivity index (χ3n) is 2.59. The van der Waals surface area contributed by atoms with Crippen molar-refractivity contribution in [3.8, 4) is 0 Å². The Balaban J connectivity index is 1.92. The second kappa shape index (κ2) is 7.34. The topological polar surface area (TPSA) is 80.3 Å². The summed E-state index contributed by atoms with van der Waals surface area (Å²) in [6.07, 6.45) is 1.63. The molecule has 2 heterocycles. The average molecular weight is 272 g/mol. The van der Waals surface area contributed by atoms with Crippen LogP contribution in [0.4, 0.5) is 0 Å². The molecular weight excluding hydrogens is 256 g/mol. The van der Waals surface area contributed by atoms with Crippen LogP contribution in [0.1, 0.15) is 0 Å². The van der Waals surface area contributed by atoms with Gasteiger partial charge in [-0.15, -0.1) is 0 Å². The van der Waals surface area contributed by atoms with Crippen LogP contribution in [-0.4, -0.2) is 63.8 Å². The van der Waals surface area contributed by atoms with Crippen LogP contribution in [-0.2, 0) is 33.3 Å². The fourth-order valence-corrected chi connectivity index (χ4v) is 1.68. The van der Waals surface area contributed by atoms with E-state index in [4.69, 9.17) is 18.9 Å². The maximum absolute atomic E-state index is 11.4. The maximum Gasteiger partial charge on any atom is 0.346 e. The van der Waals surface area contributed by atoms with Gasteiger partial charge in [-0.05, 0) is 0 Å². The minimum Gasteiger partial charge on any atom is -0.389 e. The number of cyclic esters (lactones) is 2. The molecule has 0 bridgehead atoms. The van der Waals surface area contributed by atoms with Gasteiger partial charge >= 0.3 is 11.9 Å². The first-order valence-corrected chi connectivity index (χ1v) is 6.08. The fraction of sp³-hybridized carbons (Fsp3) is 0.667. The molecule has 2 unspecified atom stereocenters. The molecule has 2 aliphatic rings. The molecule has 0 amide bonds. The van der Waals surface area contributed by atoms with Gasteiger partial charge in [-0.25, -0.2) is 9.59 Å². The summed E-state index contributed by atoms with van der Waals surface area (Å²) in [6.45, 7) is 1.90. The number of esters is 2. The van der Waals surface area contributed by atoms with E-state index in [1.165, 1.54) is 0 Å². The van der Waals surface area contributed by atoms with Gasteiger partial charge < -0.3 is 23.7 Å². The smallest absolute Gasteiger partial charge is 0.346 e. The standard InChI is InChI=1S/C12H16O7/c13-11-9-10(12(14)19-11)18-8-6-16-4-2-1-3-15-5-7-17-9/h1-2,9-10H,3-8H2/b2-1-. The maximum atomic E-state index is 11.4. The molecule has 0 N–H and O–H groups in total. The van der Waals surface area contributed by atoms with Crippen molar-refractivity contribution in [2.24, 2.45) is 0 Å². The van der Waals surface area contributed by atoms with Crippen molar-refractivity contribution in [2.75, 3.05) is 39.6 Å². The van der Waals surface area contributed by atoms with Gasteiger partial charge in [-0.1, -0.05) is 12.2 Å². The van der Waals surface area contributed by atoms with Crippen LogP contribution in [0, 0.1) is 0 Å². The Morgan fingerprint density at radius 3 is 1.74 bits per heavy atom. The van der Waals surface area contributed by atoms with Crippen molar-refractivity contribution in [2.45, 2.75) is 12.2 Å². The van der Waals surface area contributed by atoms with E-state index in [0.717, 1.165) is 0 Å². The zero-order valence-electron chi connectivity index (χ0n) is 10.4. The molecule has 1 saturated heterocycles. The molecule has 0 saturated carbocycles. The van der Waals surface area contributed by atoms with Crippen LogP contribution in [0.25, 0.3) is 0 Å². The average Bonchev–Trinajstić information content (AvgIpc) is 2.66. The Hall–Kier alpha value is -1.28. The lowest BCUT2D eigenvalue weighted by Crippen LogP contribution is -2.36. The summed E-state index contributed by atoms with van der Waals surface area (Å²) in [6, 6.07) is 0. The molecule has 0 aliphatic carbocycles. The van der Waals surface area contributed by atoms with Crippen LogP contribution in [0.15, 0.2) is 12.2 Å². The molecule has 0 radical (unpaired) electrons. The molecule has 0 spiro atoms. The molecule has 2 rings (SSSR count). The molecule has 7 heteroatoms. The Kier molecular flexibility index (Phi) is 5.46.